The summed E-state index contributed by atoms with van der Waals surface area (Å²) in [5.41, 5.74) is 0.969. The fourth-order valence-electron chi connectivity index (χ4n) is 2.43. The standard InChI is InChI=1S/C15H22FNO/c1-2-3-4-5-10-17-14-9-11-18-15-12(14)7-6-8-13(15)16/h6-8,14,17H,2-5,9-11H2,1H3. The number of fused-ring (bicyclic) bond motifs is 1. The SMILES string of the molecule is CCCCCCNC1CCOc2c(F)cccc21. The molecular weight excluding hydrogens is 229 g/mol. The molecule has 1 aliphatic rings. The number of para-hydroxylation sites is 1. The van der Waals surface area contributed by atoms with Crippen LogP contribution in [0.15, 0.2) is 18.2 Å². The molecule has 1 unspecified atom stereocenters. The Labute approximate surface area is 109 Å². The molecule has 100 valence electrons. The van der Waals surface area contributed by atoms with E-state index in [4.69, 9.17) is 4.74 Å². The Morgan fingerprint density at radius 1 is 1.33 bits per heavy atom. The predicted molar refractivity (Wildman–Crippen MR) is 71.4 cm³/mol. The van der Waals surface area contributed by atoms with Gasteiger partial charge < -0.3 is 10.1 Å². The van der Waals surface area contributed by atoms with Gasteiger partial charge in [-0.2, -0.15) is 0 Å². The minimum Gasteiger partial charge on any atom is -0.490 e. The Morgan fingerprint density at radius 3 is 3.06 bits per heavy atom. The average molecular weight is 251 g/mol. The first kappa shape index (κ1) is 13.3. The third kappa shape index (κ3) is 3.22. The van der Waals surface area contributed by atoms with Crippen LogP contribution in [0.25, 0.3) is 0 Å². The van der Waals surface area contributed by atoms with Gasteiger partial charge >= 0.3 is 0 Å². The molecule has 0 saturated carbocycles. The lowest BCUT2D eigenvalue weighted by Gasteiger charge is -2.27. The van der Waals surface area contributed by atoms with Crippen molar-refractivity contribution in [3.05, 3.63) is 29.6 Å². The Morgan fingerprint density at radius 2 is 2.22 bits per heavy atom. The summed E-state index contributed by atoms with van der Waals surface area (Å²) in [6.07, 6.45) is 5.93. The van der Waals surface area contributed by atoms with Gasteiger partial charge in [0.05, 0.1) is 6.61 Å². The number of hydrogen-bond donors (Lipinski definition) is 1. The van der Waals surface area contributed by atoms with Crippen LogP contribution in [0.1, 0.15) is 50.6 Å². The van der Waals surface area contributed by atoms with Crippen LogP contribution in [0.3, 0.4) is 0 Å². The lowest BCUT2D eigenvalue weighted by atomic mass is 10.00. The number of ether oxygens (including phenoxy) is 1. The van der Waals surface area contributed by atoms with Crippen LogP contribution in [0.5, 0.6) is 5.75 Å². The van der Waals surface area contributed by atoms with Gasteiger partial charge in [-0.1, -0.05) is 38.3 Å². The predicted octanol–water partition coefficient (Wildman–Crippen LogP) is 3.82. The average Bonchev–Trinajstić information content (AvgIpc) is 2.39. The molecule has 0 saturated heterocycles. The molecule has 0 spiro atoms. The molecule has 0 amide bonds. The number of hydrogen-bond acceptors (Lipinski definition) is 2. The van der Waals surface area contributed by atoms with Gasteiger partial charge in [0.25, 0.3) is 0 Å². The van der Waals surface area contributed by atoms with Crippen molar-refractivity contribution in [3.8, 4) is 5.75 Å². The zero-order valence-corrected chi connectivity index (χ0v) is 11.0. The van der Waals surface area contributed by atoms with Crippen molar-refractivity contribution >= 4 is 0 Å². The van der Waals surface area contributed by atoms with Crippen molar-refractivity contribution in [3.63, 3.8) is 0 Å². The minimum absolute atomic E-state index is 0.242. The summed E-state index contributed by atoms with van der Waals surface area (Å²) < 4.78 is 19.0. The van der Waals surface area contributed by atoms with E-state index >= 15 is 0 Å². The summed E-state index contributed by atoms with van der Waals surface area (Å²) in [6, 6.07) is 5.42. The zero-order chi connectivity index (χ0) is 12.8. The summed E-state index contributed by atoms with van der Waals surface area (Å²) >= 11 is 0. The Balaban J connectivity index is 1.90. The fraction of sp³-hybridized carbons (Fsp3) is 0.600. The molecule has 1 aromatic rings. The molecule has 3 heteroatoms. The van der Waals surface area contributed by atoms with E-state index in [2.05, 4.69) is 12.2 Å². The van der Waals surface area contributed by atoms with Gasteiger partial charge in [-0.25, -0.2) is 4.39 Å². The Kier molecular flexibility index (Phi) is 5.00. The largest absolute Gasteiger partial charge is 0.490 e. The highest BCUT2D eigenvalue weighted by Crippen LogP contribution is 2.33. The maximum absolute atomic E-state index is 13.6. The number of benzene rings is 1. The van der Waals surface area contributed by atoms with E-state index in [1.165, 1.54) is 31.7 Å². The second-order valence-electron chi connectivity index (χ2n) is 4.86. The van der Waals surface area contributed by atoms with Crippen LogP contribution in [0.2, 0.25) is 0 Å². The van der Waals surface area contributed by atoms with Gasteiger partial charge in [0.15, 0.2) is 11.6 Å². The molecule has 1 heterocycles. The topological polar surface area (TPSA) is 21.3 Å². The second-order valence-corrected chi connectivity index (χ2v) is 4.86. The molecule has 0 bridgehead atoms. The molecule has 2 rings (SSSR count). The molecule has 18 heavy (non-hydrogen) atoms. The first-order valence-corrected chi connectivity index (χ1v) is 6.97. The van der Waals surface area contributed by atoms with Crippen LogP contribution in [-0.4, -0.2) is 13.2 Å². The van der Waals surface area contributed by atoms with E-state index in [0.29, 0.717) is 12.4 Å². The molecular formula is C15H22FNO. The van der Waals surface area contributed by atoms with E-state index in [1.807, 2.05) is 6.07 Å². The number of nitrogens with one attached hydrogen (secondary N) is 1. The quantitative estimate of drug-likeness (QED) is 0.776. The summed E-state index contributed by atoms with van der Waals surface area (Å²) in [5.74, 6) is 0.194. The van der Waals surface area contributed by atoms with Gasteiger partial charge in [0.1, 0.15) is 0 Å². The van der Waals surface area contributed by atoms with Crippen molar-refractivity contribution in [2.45, 2.75) is 45.1 Å². The molecule has 1 N–H and O–H groups in total. The van der Waals surface area contributed by atoms with Crippen LogP contribution >= 0.6 is 0 Å². The zero-order valence-electron chi connectivity index (χ0n) is 11.0. The van der Waals surface area contributed by atoms with E-state index in [-0.39, 0.29) is 11.9 Å². The summed E-state index contributed by atoms with van der Waals surface area (Å²) in [5, 5.41) is 3.52. The molecule has 1 atom stereocenters. The van der Waals surface area contributed by atoms with Crippen molar-refractivity contribution in [1.82, 2.24) is 5.32 Å². The van der Waals surface area contributed by atoms with Crippen LogP contribution < -0.4 is 10.1 Å². The summed E-state index contributed by atoms with van der Waals surface area (Å²) in [6.45, 7) is 3.81. The number of unbranched alkanes of at least 4 members (excludes halogenated alkanes) is 3. The molecule has 0 aliphatic carbocycles. The van der Waals surface area contributed by atoms with Gasteiger partial charge in [0, 0.05) is 18.0 Å². The minimum atomic E-state index is -0.245. The van der Waals surface area contributed by atoms with Crippen molar-refractivity contribution in [2.24, 2.45) is 0 Å². The van der Waals surface area contributed by atoms with E-state index < -0.39 is 0 Å². The Hall–Kier alpha value is -1.09. The van der Waals surface area contributed by atoms with Crippen LogP contribution in [-0.2, 0) is 0 Å². The third-order valence-corrected chi connectivity index (χ3v) is 3.45. The highest BCUT2D eigenvalue weighted by Gasteiger charge is 2.23. The first-order chi connectivity index (χ1) is 8.83. The maximum Gasteiger partial charge on any atom is 0.165 e. The third-order valence-electron chi connectivity index (χ3n) is 3.45. The highest BCUT2D eigenvalue weighted by molar-refractivity contribution is 5.38. The van der Waals surface area contributed by atoms with Gasteiger partial charge in [-0.3, -0.25) is 0 Å². The van der Waals surface area contributed by atoms with Gasteiger partial charge in [0.2, 0.25) is 0 Å². The van der Waals surface area contributed by atoms with Crippen molar-refractivity contribution in [1.29, 1.82) is 0 Å². The monoisotopic (exact) mass is 251 g/mol. The molecule has 0 radical (unpaired) electrons. The molecule has 2 nitrogen and oxygen atoms in total. The van der Waals surface area contributed by atoms with Gasteiger partial charge in [-0.05, 0) is 19.0 Å². The second kappa shape index (κ2) is 6.74. The smallest absolute Gasteiger partial charge is 0.165 e. The molecule has 0 fully saturated rings. The highest BCUT2D eigenvalue weighted by atomic mass is 19.1. The molecule has 0 aromatic heterocycles. The summed E-state index contributed by atoms with van der Waals surface area (Å²) in [4.78, 5) is 0. The van der Waals surface area contributed by atoms with Crippen molar-refractivity contribution < 1.29 is 9.13 Å². The molecule has 1 aromatic carbocycles. The lowest BCUT2D eigenvalue weighted by molar-refractivity contribution is 0.240. The Bertz CT molecular complexity index is 381. The van der Waals surface area contributed by atoms with E-state index in [1.54, 1.807) is 6.07 Å². The normalized spacial score (nSPS) is 18.2. The van der Waals surface area contributed by atoms with E-state index in [0.717, 1.165) is 18.5 Å². The summed E-state index contributed by atoms with van der Waals surface area (Å²) in [7, 11) is 0. The fourth-order valence-corrected chi connectivity index (χ4v) is 2.43. The van der Waals surface area contributed by atoms with Gasteiger partial charge in [-0.15, -0.1) is 0 Å². The number of halogens is 1. The maximum atomic E-state index is 13.6. The van der Waals surface area contributed by atoms with Crippen LogP contribution in [0.4, 0.5) is 4.39 Å². The molecule has 1 aliphatic heterocycles. The lowest BCUT2D eigenvalue weighted by Crippen LogP contribution is -2.28. The van der Waals surface area contributed by atoms with Crippen LogP contribution in [0, 0.1) is 5.82 Å². The van der Waals surface area contributed by atoms with E-state index in [9.17, 15) is 4.39 Å². The van der Waals surface area contributed by atoms with Crippen molar-refractivity contribution in [2.75, 3.05) is 13.2 Å². The number of rotatable bonds is 6. The first-order valence-electron chi connectivity index (χ1n) is 6.97.